The maximum Gasteiger partial charge on any atom is 0.332 e. The van der Waals surface area contributed by atoms with Crippen LogP contribution >= 0.6 is 0 Å². The molecule has 31 heavy (non-hydrogen) atoms. The second-order valence-corrected chi connectivity index (χ2v) is 6.18. The minimum absolute atomic E-state index is 0.00605. The number of rotatable bonds is 8. The van der Waals surface area contributed by atoms with Crippen LogP contribution in [-0.4, -0.2) is 35.4 Å². The lowest BCUT2D eigenvalue weighted by molar-refractivity contribution is -0.384. The summed E-state index contributed by atoms with van der Waals surface area (Å²) in [7, 11) is 1.45. The number of nitrogens with two attached hydrogens (primary N) is 1. The SMILES string of the molecule is COc1ccccc1NC(=O)C(=NNc1ccc(C)cc1[N+](=O)[O-])C(C)=NNC(N)=O. The number of methoxy groups -OCH3 is 1. The fourth-order valence-electron chi connectivity index (χ4n) is 2.42. The molecule has 0 radical (unpaired) electrons. The van der Waals surface area contributed by atoms with Gasteiger partial charge in [-0.25, -0.2) is 10.2 Å². The second kappa shape index (κ2) is 10.3. The molecule has 0 saturated carbocycles. The number of hydrogen-bond acceptors (Lipinski definition) is 8. The fraction of sp³-hybridized carbons (Fsp3) is 0.158. The van der Waals surface area contributed by atoms with Gasteiger partial charge in [0.25, 0.3) is 11.6 Å². The van der Waals surface area contributed by atoms with Crippen LogP contribution in [0.4, 0.5) is 21.9 Å². The molecular formula is C19H21N7O5. The van der Waals surface area contributed by atoms with Crippen LogP contribution in [0.1, 0.15) is 12.5 Å². The summed E-state index contributed by atoms with van der Waals surface area (Å²) in [4.78, 5) is 34.6. The van der Waals surface area contributed by atoms with Crippen molar-refractivity contribution >= 4 is 40.4 Å². The monoisotopic (exact) mass is 427 g/mol. The molecule has 3 amide bonds. The summed E-state index contributed by atoms with van der Waals surface area (Å²) in [5.74, 6) is -0.304. The molecule has 0 unspecified atom stereocenters. The van der Waals surface area contributed by atoms with Gasteiger partial charge in [-0.15, -0.1) is 0 Å². The standard InChI is InChI=1S/C19H21N7O5/c1-11-8-9-13(15(10-11)26(29)30)23-24-17(12(2)22-25-19(20)28)18(27)21-14-6-4-5-7-16(14)31-3/h4-10,23H,1-3H3,(H,21,27)(H3,20,25,28). The van der Waals surface area contributed by atoms with Gasteiger partial charge in [0.05, 0.1) is 23.4 Å². The Hall–Kier alpha value is -4.48. The third kappa shape index (κ3) is 6.25. The molecule has 0 atom stereocenters. The van der Waals surface area contributed by atoms with Gasteiger partial charge >= 0.3 is 6.03 Å². The number of nitro groups is 1. The first-order chi connectivity index (χ1) is 14.7. The molecule has 0 aliphatic carbocycles. The van der Waals surface area contributed by atoms with E-state index in [0.717, 1.165) is 0 Å². The van der Waals surface area contributed by atoms with E-state index < -0.39 is 16.9 Å². The summed E-state index contributed by atoms with van der Waals surface area (Å²) in [6.45, 7) is 3.11. The van der Waals surface area contributed by atoms with E-state index >= 15 is 0 Å². The van der Waals surface area contributed by atoms with E-state index in [-0.39, 0.29) is 22.8 Å². The number of benzene rings is 2. The zero-order valence-electron chi connectivity index (χ0n) is 17.0. The molecule has 2 rings (SSSR count). The fourth-order valence-corrected chi connectivity index (χ4v) is 2.42. The number of para-hydroxylation sites is 2. The molecule has 0 aliphatic heterocycles. The molecule has 0 aliphatic rings. The van der Waals surface area contributed by atoms with Crippen molar-refractivity contribution in [3.05, 3.63) is 58.1 Å². The minimum atomic E-state index is -0.939. The third-order valence-corrected chi connectivity index (χ3v) is 3.88. The first-order valence-corrected chi connectivity index (χ1v) is 8.86. The Labute approximate surface area is 177 Å². The van der Waals surface area contributed by atoms with Crippen LogP contribution in [0.25, 0.3) is 0 Å². The summed E-state index contributed by atoms with van der Waals surface area (Å²) in [6.07, 6.45) is 0. The van der Waals surface area contributed by atoms with Crippen LogP contribution in [0.15, 0.2) is 52.7 Å². The van der Waals surface area contributed by atoms with E-state index in [2.05, 4.69) is 20.9 Å². The lowest BCUT2D eigenvalue weighted by atomic mass is 10.2. The number of urea groups is 1. The van der Waals surface area contributed by atoms with Gasteiger partial charge in [0.2, 0.25) is 0 Å². The van der Waals surface area contributed by atoms with Gasteiger partial charge in [-0.1, -0.05) is 18.2 Å². The number of nitrogens with zero attached hydrogens (tertiary/aromatic N) is 3. The maximum absolute atomic E-state index is 12.9. The van der Waals surface area contributed by atoms with Gasteiger partial charge in [-0.2, -0.15) is 10.2 Å². The van der Waals surface area contributed by atoms with E-state index in [1.165, 1.54) is 26.2 Å². The Morgan fingerprint density at radius 3 is 2.48 bits per heavy atom. The number of carbonyl (C=O) groups is 2. The Balaban J connectivity index is 2.41. The zero-order chi connectivity index (χ0) is 23.0. The van der Waals surface area contributed by atoms with E-state index in [4.69, 9.17) is 10.5 Å². The maximum atomic E-state index is 12.9. The molecule has 0 aromatic heterocycles. The van der Waals surface area contributed by atoms with Crippen LogP contribution < -0.4 is 26.6 Å². The van der Waals surface area contributed by atoms with Gasteiger partial charge in [-0.3, -0.25) is 20.3 Å². The Morgan fingerprint density at radius 1 is 1.13 bits per heavy atom. The number of aryl methyl sites for hydroxylation is 1. The number of nitrogens with one attached hydrogen (secondary N) is 3. The Bertz CT molecular complexity index is 1070. The number of carbonyl (C=O) groups excluding carboxylic acids is 2. The molecule has 162 valence electrons. The van der Waals surface area contributed by atoms with Gasteiger partial charge in [0, 0.05) is 6.07 Å². The van der Waals surface area contributed by atoms with Crippen molar-refractivity contribution in [1.82, 2.24) is 5.43 Å². The number of amides is 3. The summed E-state index contributed by atoms with van der Waals surface area (Å²) in [6, 6.07) is 10.2. The predicted molar refractivity (Wildman–Crippen MR) is 116 cm³/mol. The van der Waals surface area contributed by atoms with E-state index in [1.54, 1.807) is 37.3 Å². The van der Waals surface area contributed by atoms with Gasteiger partial charge in [0.15, 0.2) is 5.71 Å². The average Bonchev–Trinajstić information content (AvgIpc) is 2.73. The number of nitro benzene ring substituents is 1. The van der Waals surface area contributed by atoms with Crippen molar-refractivity contribution in [2.75, 3.05) is 17.9 Å². The Morgan fingerprint density at radius 2 is 1.84 bits per heavy atom. The normalized spacial score (nSPS) is 11.5. The first-order valence-electron chi connectivity index (χ1n) is 8.86. The molecule has 0 saturated heterocycles. The molecule has 0 spiro atoms. The summed E-state index contributed by atoms with van der Waals surface area (Å²) in [5, 5.41) is 21.6. The topological polar surface area (TPSA) is 173 Å². The number of ether oxygens (including phenoxy) is 1. The average molecular weight is 427 g/mol. The summed E-state index contributed by atoms with van der Waals surface area (Å²) >= 11 is 0. The van der Waals surface area contributed by atoms with Crippen LogP contribution in [-0.2, 0) is 4.79 Å². The van der Waals surface area contributed by atoms with Crippen LogP contribution in [0.3, 0.4) is 0 Å². The van der Waals surface area contributed by atoms with Crippen LogP contribution in [0, 0.1) is 17.0 Å². The van der Waals surface area contributed by atoms with Crippen molar-refractivity contribution in [2.24, 2.45) is 15.9 Å². The van der Waals surface area contributed by atoms with Gasteiger partial charge in [0.1, 0.15) is 11.4 Å². The Kier molecular flexibility index (Phi) is 7.61. The molecule has 2 aromatic rings. The highest BCUT2D eigenvalue weighted by molar-refractivity contribution is 6.68. The van der Waals surface area contributed by atoms with Crippen molar-refractivity contribution in [2.45, 2.75) is 13.8 Å². The van der Waals surface area contributed by atoms with Gasteiger partial charge < -0.3 is 15.8 Å². The highest BCUT2D eigenvalue weighted by Crippen LogP contribution is 2.26. The third-order valence-electron chi connectivity index (χ3n) is 3.88. The number of anilines is 2. The highest BCUT2D eigenvalue weighted by atomic mass is 16.6. The molecule has 2 aromatic carbocycles. The highest BCUT2D eigenvalue weighted by Gasteiger charge is 2.19. The molecule has 12 heteroatoms. The predicted octanol–water partition coefficient (Wildman–Crippen LogP) is 2.36. The molecule has 0 fully saturated rings. The summed E-state index contributed by atoms with van der Waals surface area (Å²) < 4.78 is 5.20. The smallest absolute Gasteiger partial charge is 0.332 e. The lowest BCUT2D eigenvalue weighted by Gasteiger charge is -2.12. The van der Waals surface area contributed by atoms with E-state index in [0.29, 0.717) is 17.0 Å². The zero-order valence-corrected chi connectivity index (χ0v) is 17.0. The van der Waals surface area contributed by atoms with Crippen molar-refractivity contribution in [3.63, 3.8) is 0 Å². The molecule has 12 nitrogen and oxygen atoms in total. The molecular weight excluding hydrogens is 406 g/mol. The quantitative estimate of drug-likeness (QED) is 0.286. The lowest BCUT2D eigenvalue weighted by Crippen LogP contribution is -2.33. The minimum Gasteiger partial charge on any atom is -0.495 e. The van der Waals surface area contributed by atoms with Crippen molar-refractivity contribution < 1.29 is 19.2 Å². The van der Waals surface area contributed by atoms with Crippen molar-refractivity contribution in [3.8, 4) is 5.75 Å². The number of primary amides is 1. The molecule has 0 heterocycles. The van der Waals surface area contributed by atoms with Crippen molar-refractivity contribution in [1.29, 1.82) is 0 Å². The largest absolute Gasteiger partial charge is 0.495 e. The van der Waals surface area contributed by atoms with Crippen LogP contribution in [0.5, 0.6) is 5.75 Å². The van der Waals surface area contributed by atoms with Crippen LogP contribution in [0.2, 0.25) is 0 Å². The van der Waals surface area contributed by atoms with E-state index in [1.807, 2.05) is 5.43 Å². The number of hydrogen-bond donors (Lipinski definition) is 4. The molecule has 5 N–H and O–H groups in total. The first kappa shape index (κ1) is 22.8. The second-order valence-electron chi connectivity index (χ2n) is 6.18. The summed E-state index contributed by atoms with van der Waals surface area (Å²) in [5.41, 5.74) is 10.1. The molecule has 0 bridgehead atoms. The van der Waals surface area contributed by atoms with Gasteiger partial charge in [-0.05, 0) is 37.6 Å². The van der Waals surface area contributed by atoms with E-state index in [9.17, 15) is 19.7 Å². The number of hydrazone groups is 2.